The summed E-state index contributed by atoms with van der Waals surface area (Å²) in [6.07, 6.45) is 3.12. The second-order valence-electron chi connectivity index (χ2n) is 6.97. The molecule has 1 aliphatic heterocycles. The number of benzene rings is 1. The average molecular weight is 283 g/mol. The molecule has 21 heavy (non-hydrogen) atoms. The van der Waals surface area contributed by atoms with Gasteiger partial charge >= 0.3 is 0 Å². The SMILES string of the molecule is CC1CN(C)CCC1NC1CC(C#N)(c2ccccc2)C1. The van der Waals surface area contributed by atoms with E-state index in [1.54, 1.807) is 0 Å². The minimum atomic E-state index is -0.256. The Bertz CT molecular complexity index is 513. The molecule has 2 unspecified atom stereocenters. The molecule has 1 saturated carbocycles. The predicted molar refractivity (Wildman–Crippen MR) is 85.0 cm³/mol. The normalized spacial score (nSPS) is 36.7. The van der Waals surface area contributed by atoms with E-state index in [2.05, 4.69) is 42.4 Å². The molecule has 1 aromatic carbocycles. The van der Waals surface area contributed by atoms with Crippen LogP contribution in [0.15, 0.2) is 30.3 Å². The van der Waals surface area contributed by atoms with Gasteiger partial charge in [-0.1, -0.05) is 37.3 Å². The first-order valence-corrected chi connectivity index (χ1v) is 8.04. The number of hydrogen-bond acceptors (Lipinski definition) is 3. The third kappa shape index (κ3) is 2.84. The molecule has 1 heterocycles. The van der Waals surface area contributed by atoms with Gasteiger partial charge in [0.15, 0.2) is 0 Å². The molecule has 1 N–H and O–H groups in total. The maximum absolute atomic E-state index is 9.62. The number of nitrogens with zero attached hydrogens (tertiary/aromatic N) is 2. The van der Waals surface area contributed by atoms with Gasteiger partial charge in [-0.25, -0.2) is 0 Å². The quantitative estimate of drug-likeness (QED) is 0.926. The van der Waals surface area contributed by atoms with Crippen molar-refractivity contribution in [3.63, 3.8) is 0 Å². The molecule has 2 fully saturated rings. The first-order chi connectivity index (χ1) is 10.1. The minimum Gasteiger partial charge on any atom is -0.311 e. The van der Waals surface area contributed by atoms with Crippen LogP contribution < -0.4 is 5.32 Å². The fraction of sp³-hybridized carbons (Fsp3) is 0.611. The molecule has 0 amide bonds. The molecule has 0 bridgehead atoms. The van der Waals surface area contributed by atoms with E-state index >= 15 is 0 Å². The Hall–Kier alpha value is -1.37. The highest BCUT2D eigenvalue weighted by molar-refractivity contribution is 5.36. The molecule has 3 rings (SSSR count). The van der Waals surface area contributed by atoms with Crippen LogP contribution in [-0.4, -0.2) is 37.1 Å². The Morgan fingerprint density at radius 3 is 2.62 bits per heavy atom. The van der Waals surface area contributed by atoms with Gasteiger partial charge < -0.3 is 10.2 Å². The number of nitrogens with one attached hydrogen (secondary N) is 1. The van der Waals surface area contributed by atoms with Crippen LogP contribution in [0.4, 0.5) is 0 Å². The molecule has 3 heteroatoms. The molecule has 0 spiro atoms. The van der Waals surface area contributed by atoms with Crippen LogP contribution >= 0.6 is 0 Å². The van der Waals surface area contributed by atoms with Crippen molar-refractivity contribution in [3.8, 4) is 6.07 Å². The molecule has 112 valence electrons. The Kier molecular flexibility index (Phi) is 4.01. The monoisotopic (exact) mass is 283 g/mol. The van der Waals surface area contributed by atoms with E-state index in [4.69, 9.17) is 0 Å². The number of hydrogen-bond donors (Lipinski definition) is 1. The molecule has 2 atom stereocenters. The number of likely N-dealkylation sites (tertiary alicyclic amines) is 1. The van der Waals surface area contributed by atoms with Crippen molar-refractivity contribution in [1.82, 2.24) is 10.2 Å². The second-order valence-corrected chi connectivity index (χ2v) is 6.97. The summed E-state index contributed by atoms with van der Waals surface area (Å²) in [5.41, 5.74) is 0.926. The zero-order valence-corrected chi connectivity index (χ0v) is 13.0. The Labute approximate surface area is 128 Å². The van der Waals surface area contributed by atoms with Crippen LogP contribution in [-0.2, 0) is 5.41 Å². The summed E-state index contributed by atoms with van der Waals surface area (Å²) in [6.45, 7) is 4.68. The zero-order chi connectivity index (χ0) is 14.9. The van der Waals surface area contributed by atoms with Crippen molar-refractivity contribution >= 4 is 0 Å². The van der Waals surface area contributed by atoms with Crippen LogP contribution in [0.5, 0.6) is 0 Å². The van der Waals surface area contributed by atoms with Crippen LogP contribution in [0.2, 0.25) is 0 Å². The lowest BCUT2D eigenvalue weighted by Crippen LogP contribution is -2.57. The number of nitriles is 1. The molecule has 1 aliphatic carbocycles. The highest BCUT2D eigenvalue weighted by Crippen LogP contribution is 2.43. The highest BCUT2D eigenvalue weighted by Gasteiger charge is 2.46. The molecular weight excluding hydrogens is 258 g/mol. The largest absolute Gasteiger partial charge is 0.311 e. The van der Waals surface area contributed by atoms with Gasteiger partial charge in [-0.3, -0.25) is 0 Å². The van der Waals surface area contributed by atoms with E-state index in [0.717, 1.165) is 12.8 Å². The third-order valence-corrected chi connectivity index (χ3v) is 5.29. The van der Waals surface area contributed by atoms with Gasteiger partial charge in [0, 0.05) is 18.6 Å². The van der Waals surface area contributed by atoms with E-state index in [9.17, 15) is 5.26 Å². The second kappa shape index (κ2) is 5.79. The first kappa shape index (κ1) is 14.6. The van der Waals surface area contributed by atoms with E-state index in [1.165, 1.54) is 25.1 Å². The Morgan fingerprint density at radius 1 is 1.29 bits per heavy atom. The molecular formula is C18H25N3. The van der Waals surface area contributed by atoms with Gasteiger partial charge in [0.1, 0.15) is 0 Å². The van der Waals surface area contributed by atoms with Gasteiger partial charge in [0.05, 0.1) is 11.5 Å². The van der Waals surface area contributed by atoms with Crippen molar-refractivity contribution in [2.45, 2.75) is 43.7 Å². The van der Waals surface area contributed by atoms with Crippen molar-refractivity contribution in [3.05, 3.63) is 35.9 Å². The lowest BCUT2D eigenvalue weighted by atomic mass is 9.62. The van der Waals surface area contributed by atoms with Crippen molar-refractivity contribution in [2.75, 3.05) is 20.1 Å². The number of rotatable bonds is 3. The molecule has 1 saturated heterocycles. The molecule has 3 nitrogen and oxygen atoms in total. The van der Waals surface area contributed by atoms with Crippen molar-refractivity contribution < 1.29 is 0 Å². The lowest BCUT2D eigenvalue weighted by molar-refractivity contribution is 0.131. The lowest BCUT2D eigenvalue weighted by Gasteiger charge is -2.47. The number of piperidine rings is 1. The smallest absolute Gasteiger partial charge is 0.0852 e. The average Bonchev–Trinajstić information content (AvgIpc) is 2.45. The molecule has 0 aromatic heterocycles. The summed E-state index contributed by atoms with van der Waals surface area (Å²) in [5, 5.41) is 13.4. The summed E-state index contributed by atoms with van der Waals surface area (Å²) >= 11 is 0. The van der Waals surface area contributed by atoms with Crippen LogP contribution in [0.1, 0.15) is 31.7 Å². The van der Waals surface area contributed by atoms with Crippen LogP contribution in [0, 0.1) is 17.2 Å². The van der Waals surface area contributed by atoms with Gasteiger partial charge in [0.25, 0.3) is 0 Å². The fourth-order valence-electron chi connectivity index (χ4n) is 3.95. The summed E-state index contributed by atoms with van der Waals surface area (Å²) in [7, 11) is 2.20. The highest BCUT2D eigenvalue weighted by atomic mass is 15.1. The van der Waals surface area contributed by atoms with Crippen LogP contribution in [0.3, 0.4) is 0 Å². The third-order valence-electron chi connectivity index (χ3n) is 5.29. The van der Waals surface area contributed by atoms with E-state index in [-0.39, 0.29) is 5.41 Å². The maximum atomic E-state index is 9.62. The van der Waals surface area contributed by atoms with E-state index in [0.29, 0.717) is 18.0 Å². The van der Waals surface area contributed by atoms with Gasteiger partial charge in [-0.2, -0.15) is 5.26 Å². The summed E-state index contributed by atoms with van der Waals surface area (Å²) in [5.74, 6) is 0.692. The molecule has 0 radical (unpaired) electrons. The first-order valence-electron chi connectivity index (χ1n) is 8.04. The van der Waals surface area contributed by atoms with Crippen molar-refractivity contribution in [1.29, 1.82) is 5.26 Å². The predicted octanol–water partition coefficient (Wildman–Crippen LogP) is 2.54. The Balaban J connectivity index is 1.59. The van der Waals surface area contributed by atoms with Crippen molar-refractivity contribution in [2.24, 2.45) is 5.92 Å². The maximum Gasteiger partial charge on any atom is 0.0852 e. The Morgan fingerprint density at radius 2 is 2.00 bits per heavy atom. The van der Waals surface area contributed by atoms with E-state index in [1.807, 2.05) is 18.2 Å². The zero-order valence-electron chi connectivity index (χ0n) is 13.0. The van der Waals surface area contributed by atoms with E-state index < -0.39 is 0 Å². The fourth-order valence-corrected chi connectivity index (χ4v) is 3.95. The van der Waals surface area contributed by atoms with Crippen LogP contribution in [0.25, 0.3) is 0 Å². The minimum absolute atomic E-state index is 0.256. The van der Waals surface area contributed by atoms with Gasteiger partial charge in [-0.15, -0.1) is 0 Å². The molecule has 1 aromatic rings. The molecule has 2 aliphatic rings. The van der Waals surface area contributed by atoms with Gasteiger partial charge in [0.2, 0.25) is 0 Å². The van der Waals surface area contributed by atoms with Gasteiger partial charge in [-0.05, 0) is 44.3 Å². The summed E-state index contributed by atoms with van der Waals surface area (Å²) < 4.78 is 0. The standard InChI is InChI=1S/C18H25N3/c1-14-12-21(2)9-8-17(14)20-16-10-18(11-16,13-19)15-6-4-3-5-7-15/h3-7,14,16-17,20H,8-12H2,1-2H3. The topological polar surface area (TPSA) is 39.1 Å². The summed E-state index contributed by atoms with van der Waals surface area (Å²) in [4.78, 5) is 2.41. The summed E-state index contributed by atoms with van der Waals surface area (Å²) in [6, 6.07) is 14.0.